The highest BCUT2D eigenvalue weighted by Crippen LogP contribution is 2.31. The van der Waals surface area contributed by atoms with Crippen LogP contribution in [0.1, 0.15) is 23.2 Å². The molecule has 11 nitrogen and oxygen atoms in total. The molecule has 1 aliphatic rings. The number of ketones is 1. The van der Waals surface area contributed by atoms with Gasteiger partial charge in [0.2, 0.25) is 0 Å². The highest BCUT2D eigenvalue weighted by Gasteiger charge is 2.17. The minimum Gasteiger partial charge on any atom is -0.486 e. The summed E-state index contributed by atoms with van der Waals surface area (Å²) in [5.74, 6) is 0.375. The van der Waals surface area contributed by atoms with Crippen LogP contribution < -0.4 is 20.7 Å². The predicted octanol–water partition coefficient (Wildman–Crippen LogP) is 0.411. The number of ether oxygens (including phenoxy) is 3. The van der Waals surface area contributed by atoms with Crippen molar-refractivity contribution in [1.29, 1.82) is 0 Å². The Hall–Kier alpha value is -3.89. The van der Waals surface area contributed by atoms with Gasteiger partial charge >= 0.3 is 11.7 Å². The summed E-state index contributed by atoms with van der Waals surface area (Å²) in [6.45, 7) is 1.07. The van der Waals surface area contributed by atoms with Gasteiger partial charge in [0.1, 0.15) is 19.8 Å². The molecule has 3 heterocycles. The highest BCUT2D eigenvalue weighted by atomic mass is 16.6. The maximum atomic E-state index is 12.4. The average Bonchev–Trinajstić information content (AvgIpc) is 3.23. The van der Waals surface area contributed by atoms with Gasteiger partial charge in [0.05, 0.1) is 19.3 Å². The lowest BCUT2D eigenvalue weighted by Gasteiger charge is -2.18. The molecule has 0 unspecified atom stereocenters. The number of rotatable bonds is 7. The van der Waals surface area contributed by atoms with Crippen LogP contribution in [0.5, 0.6) is 11.5 Å². The minimum atomic E-state index is -0.527. The van der Waals surface area contributed by atoms with E-state index in [0.717, 1.165) is 4.57 Å². The van der Waals surface area contributed by atoms with E-state index in [0.29, 0.717) is 30.3 Å². The number of carbonyl (C=O) groups excluding carboxylic acids is 2. The summed E-state index contributed by atoms with van der Waals surface area (Å²) in [4.78, 5) is 53.0. The zero-order chi connectivity index (χ0) is 22.8. The summed E-state index contributed by atoms with van der Waals surface area (Å²) in [6.07, 6.45) is 1.34. The molecule has 0 amide bonds. The van der Waals surface area contributed by atoms with Crippen LogP contribution in [0.4, 0.5) is 0 Å². The summed E-state index contributed by atoms with van der Waals surface area (Å²) in [6, 6.07) is 4.93. The largest absolute Gasteiger partial charge is 0.486 e. The van der Waals surface area contributed by atoms with Crippen molar-refractivity contribution in [2.24, 2.45) is 14.1 Å². The van der Waals surface area contributed by atoms with Gasteiger partial charge in [-0.1, -0.05) is 0 Å². The van der Waals surface area contributed by atoms with Crippen LogP contribution in [-0.4, -0.2) is 50.3 Å². The molecule has 32 heavy (non-hydrogen) atoms. The third-order valence-corrected chi connectivity index (χ3v) is 5.23. The number of esters is 1. The summed E-state index contributed by atoms with van der Waals surface area (Å²) < 4.78 is 19.9. The SMILES string of the molecule is Cn1c(=O)c2c(ncn2CCOC(=O)CCC(=O)c2ccc3c(c2)OCCO3)n(C)c1=O. The highest BCUT2D eigenvalue weighted by molar-refractivity contribution is 5.98. The van der Waals surface area contributed by atoms with Gasteiger partial charge in [0.15, 0.2) is 28.4 Å². The molecule has 0 atom stereocenters. The normalized spacial score (nSPS) is 12.7. The maximum absolute atomic E-state index is 12.4. The Balaban J connectivity index is 1.32. The Kier molecular flexibility index (Phi) is 5.80. The molecular formula is C21H22N4O7. The maximum Gasteiger partial charge on any atom is 0.332 e. The fraction of sp³-hybridized carbons (Fsp3) is 0.381. The number of aromatic nitrogens is 4. The third kappa shape index (κ3) is 4.01. The van der Waals surface area contributed by atoms with E-state index in [4.69, 9.17) is 14.2 Å². The van der Waals surface area contributed by atoms with Gasteiger partial charge in [0.25, 0.3) is 5.56 Å². The molecule has 0 saturated carbocycles. The number of hydrogen-bond acceptors (Lipinski definition) is 8. The molecule has 2 aromatic heterocycles. The molecule has 1 aliphatic heterocycles. The topological polar surface area (TPSA) is 124 Å². The lowest BCUT2D eigenvalue weighted by Crippen LogP contribution is -2.37. The summed E-state index contributed by atoms with van der Waals surface area (Å²) in [5, 5.41) is 0. The summed E-state index contributed by atoms with van der Waals surface area (Å²) in [7, 11) is 2.92. The van der Waals surface area contributed by atoms with E-state index in [1.807, 2.05) is 0 Å². The van der Waals surface area contributed by atoms with Crippen LogP contribution in [0.25, 0.3) is 11.2 Å². The first kappa shape index (κ1) is 21.3. The Bertz CT molecular complexity index is 1320. The molecule has 3 aromatic rings. The molecule has 4 rings (SSSR count). The van der Waals surface area contributed by atoms with Gasteiger partial charge in [-0.3, -0.25) is 23.5 Å². The standard InChI is InChI=1S/C21H22N4O7/c1-23-19-18(20(28)24(2)21(23)29)25(12-22-19)7-8-32-17(27)6-4-14(26)13-3-5-15-16(11-13)31-10-9-30-15/h3,5,11-12H,4,6-10H2,1-2H3. The van der Waals surface area contributed by atoms with Crippen molar-refractivity contribution in [2.75, 3.05) is 19.8 Å². The molecule has 1 aromatic carbocycles. The molecular weight excluding hydrogens is 420 g/mol. The second-order valence-corrected chi connectivity index (χ2v) is 7.32. The van der Waals surface area contributed by atoms with Crippen LogP contribution >= 0.6 is 0 Å². The Labute approximate surface area is 181 Å². The molecule has 0 aliphatic carbocycles. The number of aryl methyl sites for hydroxylation is 1. The van der Waals surface area contributed by atoms with E-state index in [2.05, 4.69) is 4.98 Å². The van der Waals surface area contributed by atoms with Crippen molar-refractivity contribution in [3.63, 3.8) is 0 Å². The minimum absolute atomic E-state index is 0.00482. The van der Waals surface area contributed by atoms with Crippen molar-refractivity contribution < 1.29 is 23.8 Å². The van der Waals surface area contributed by atoms with Crippen LogP contribution in [0.15, 0.2) is 34.1 Å². The summed E-state index contributed by atoms with van der Waals surface area (Å²) in [5.41, 5.74) is 0.00101. The molecule has 11 heteroatoms. The number of hydrogen-bond donors (Lipinski definition) is 0. The fourth-order valence-corrected chi connectivity index (χ4v) is 3.47. The van der Waals surface area contributed by atoms with E-state index < -0.39 is 17.2 Å². The van der Waals surface area contributed by atoms with E-state index in [9.17, 15) is 19.2 Å². The fourth-order valence-electron chi connectivity index (χ4n) is 3.47. The zero-order valence-electron chi connectivity index (χ0n) is 17.7. The smallest absolute Gasteiger partial charge is 0.332 e. The van der Waals surface area contributed by atoms with Gasteiger partial charge in [-0.15, -0.1) is 0 Å². The van der Waals surface area contributed by atoms with E-state index >= 15 is 0 Å². The predicted molar refractivity (Wildman–Crippen MR) is 112 cm³/mol. The molecule has 168 valence electrons. The lowest BCUT2D eigenvalue weighted by molar-refractivity contribution is -0.143. The Morgan fingerprint density at radius 1 is 1.06 bits per heavy atom. The van der Waals surface area contributed by atoms with Crippen LogP contribution in [0.3, 0.4) is 0 Å². The van der Waals surface area contributed by atoms with Gasteiger partial charge in [-0.05, 0) is 18.2 Å². The van der Waals surface area contributed by atoms with Crippen molar-refractivity contribution in [2.45, 2.75) is 19.4 Å². The third-order valence-electron chi connectivity index (χ3n) is 5.23. The zero-order valence-corrected chi connectivity index (χ0v) is 17.7. The molecule has 0 saturated heterocycles. The van der Waals surface area contributed by atoms with Crippen LogP contribution in [-0.2, 0) is 30.2 Å². The van der Waals surface area contributed by atoms with Crippen molar-refractivity contribution >= 4 is 22.9 Å². The number of fused-ring (bicyclic) bond motifs is 2. The first-order valence-corrected chi connectivity index (χ1v) is 10.1. The quantitative estimate of drug-likeness (QED) is 0.381. The van der Waals surface area contributed by atoms with Gasteiger partial charge < -0.3 is 18.8 Å². The second kappa shape index (κ2) is 8.69. The molecule has 0 fully saturated rings. The summed E-state index contributed by atoms with van der Waals surface area (Å²) >= 11 is 0. The van der Waals surface area contributed by atoms with E-state index in [-0.39, 0.29) is 42.9 Å². The number of imidazole rings is 1. The average molecular weight is 442 g/mol. The number of nitrogens with zero attached hydrogens (tertiary/aromatic N) is 4. The van der Waals surface area contributed by atoms with Gasteiger partial charge in [0, 0.05) is 26.1 Å². The molecule has 0 spiro atoms. The number of carbonyl (C=O) groups is 2. The molecule has 0 N–H and O–H groups in total. The Morgan fingerprint density at radius 2 is 1.81 bits per heavy atom. The van der Waals surface area contributed by atoms with E-state index in [1.54, 1.807) is 18.2 Å². The monoisotopic (exact) mass is 442 g/mol. The van der Waals surface area contributed by atoms with E-state index in [1.165, 1.54) is 29.6 Å². The first-order chi connectivity index (χ1) is 15.4. The van der Waals surface area contributed by atoms with Crippen LogP contribution in [0.2, 0.25) is 0 Å². The second-order valence-electron chi connectivity index (χ2n) is 7.32. The van der Waals surface area contributed by atoms with Crippen LogP contribution in [0, 0.1) is 0 Å². The van der Waals surface area contributed by atoms with Crippen molar-refractivity contribution in [3.05, 3.63) is 50.9 Å². The lowest BCUT2D eigenvalue weighted by atomic mass is 10.1. The number of benzene rings is 1. The van der Waals surface area contributed by atoms with Crippen molar-refractivity contribution in [1.82, 2.24) is 18.7 Å². The Morgan fingerprint density at radius 3 is 2.59 bits per heavy atom. The van der Waals surface area contributed by atoms with Crippen molar-refractivity contribution in [3.8, 4) is 11.5 Å². The first-order valence-electron chi connectivity index (χ1n) is 10.1. The molecule has 0 radical (unpaired) electrons. The van der Waals surface area contributed by atoms with Gasteiger partial charge in [-0.2, -0.15) is 0 Å². The van der Waals surface area contributed by atoms with Gasteiger partial charge in [-0.25, -0.2) is 9.78 Å². The molecule has 0 bridgehead atoms. The number of Topliss-reactive ketones (excluding diaryl/α,β-unsaturated/α-hetero) is 1.